The highest BCUT2D eigenvalue weighted by atomic mass is 16.5. The molecule has 0 fully saturated rings. The summed E-state index contributed by atoms with van der Waals surface area (Å²) in [4.78, 5) is 13.9. The Hall–Kier alpha value is -1.55. The molecular weight excluding hydrogens is 216 g/mol. The summed E-state index contributed by atoms with van der Waals surface area (Å²) < 4.78 is 4.99. The summed E-state index contributed by atoms with van der Waals surface area (Å²) in [6.07, 6.45) is 0. The molecule has 17 heavy (non-hydrogen) atoms. The minimum Gasteiger partial charge on any atom is -0.399 e. The van der Waals surface area contributed by atoms with Gasteiger partial charge in [-0.05, 0) is 37.6 Å². The lowest BCUT2D eigenvalue weighted by molar-refractivity contribution is 0.0706. The van der Waals surface area contributed by atoms with Gasteiger partial charge in [-0.2, -0.15) is 0 Å². The molecule has 0 bridgehead atoms. The molecule has 0 radical (unpaired) electrons. The molecule has 4 nitrogen and oxygen atoms in total. The largest absolute Gasteiger partial charge is 0.399 e. The number of ether oxygens (including phenoxy) is 1. The number of carbonyl (C=O) groups excluding carboxylic acids is 1. The van der Waals surface area contributed by atoms with Crippen LogP contribution in [0.3, 0.4) is 0 Å². The molecule has 0 aliphatic rings. The van der Waals surface area contributed by atoms with Gasteiger partial charge in [-0.15, -0.1) is 0 Å². The first-order chi connectivity index (χ1) is 8.08. The zero-order valence-electron chi connectivity index (χ0n) is 10.7. The van der Waals surface area contributed by atoms with E-state index in [1.807, 2.05) is 26.0 Å². The van der Waals surface area contributed by atoms with E-state index in [2.05, 4.69) is 0 Å². The lowest BCUT2D eigenvalue weighted by Crippen LogP contribution is -2.33. The van der Waals surface area contributed by atoms with Crippen LogP contribution in [0.5, 0.6) is 0 Å². The fraction of sp³-hybridized carbons (Fsp3) is 0.462. The van der Waals surface area contributed by atoms with Gasteiger partial charge in [0.25, 0.3) is 5.91 Å². The smallest absolute Gasteiger partial charge is 0.254 e. The second-order valence-electron chi connectivity index (χ2n) is 4.01. The number of nitrogens with two attached hydrogens (primary N) is 1. The molecule has 0 aliphatic carbocycles. The number of nitrogen functional groups attached to an aromatic ring is 1. The first-order valence-electron chi connectivity index (χ1n) is 5.73. The van der Waals surface area contributed by atoms with Crippen molar-refractivity contribution in [2.75, 3.05) is 32.5 Å². The maximum absolute atomic E-state index is 12.2. The van der Waals surface area contributed by atoms with Gasteiger partial charge in [-0.1, -0.05) is 0 Å². The molecule has 1 aromatic carbocycles. The van der Waals surface area contributed by atoms with Gasteiger partial charge < -0.3 is 15.4 Å². The number of hydrogen-bond acceptors (Lipinski definition) is 3. The van der Waals surface area contributed by atoms with E-state index >= 15 is 0 Å². The number of hydrogen-bond donors (Lipinski definition) is 1. The third-order valence-electron chi connectivity index (χ3n) is 2.58. The van der Waals surface area contributed by atoms with Crippen LogP contribution in [0.1, 0.15) is 22.8 Å². The number of anilines is 1. The van der Waals surface area contributed by atoms with E-state index in [9.17, 15) is 4.79 Å². The molecule has 0 atom stereocenters. The average molecular weight is 236 g/mol. The topological polar surface area (TPSA) is 55.6 Å². The Morgan fingerprint density at radius 2 is 2.12 bits per heavy atom. The van der Waals surface area contributed by atoms with Crippen molar-refractivity contribution in [1.82, 2.24) is 4.90 Å². The number of carbonyl (C=O) groups is 1. The van der Waals surface area contributed by atoms with Crippen LogP contribution in [0.2, 0.25) is 0 Å². The first-order valence-corrected chi connectivity index (χ1v) is 5.73. The normalized spacial score (nSPS) is 10.3. The number of nitrogens with zero attached hydrogens (tertiary/aromatic N) is 1. The van der Waals surface area contributed by atoms with Gasteiger partial charge in [-0.25, -0.2) is 0 Å². The second-order valence-corrected chi connectivity index (χ2v) is 4.01. The van der Waals surface area contributed by atoms with Crippen LogP contribution in [0.15, 0.2) is 18.2 Å². The quantitative estimate of drug-likeness (QED) is 0.791. The van der Waals surface area contributed by atoms with Crippen LogP contribution < -0.4 is 5.73 Å². The third kappa shape index (κ3) is 3.75. The van der Waals surface area contributed by atoms with Crippen molar-refractivity contribution in [2.45, 2.75) is 13.8 Å². The molecule has 0 aromatic heterocycles. The van der Waals surface area contributed by atoms with E-state index in [0.29, 0.717) is 30.9 Å². The summed E-state index contributed by atoms with van der Waals surface area (Å²) in [6.45, 7) is 5.68. The Bertz CT molecular complexity index is 371. The third-order valence-corrected chi connectivity index (χ3v) is 2.58. The van der Waals surface area contributed by atoms with Crippen molar-refractivity contribution in [3.63, 3.8) is 0 Å². The lowest BCUT2D eigenvalue weighted by Gasteiger charge is -2.20. The van der Waals surface area contributed by atoms with Gasteiger partial charge in [0.15, 0.2) is 0 Å². The highest BCUT2D eigenvalue weighted by Crippen LogP contribution is 2.13. The molecule has 0 spiro atoms. The fourth-order valence-corrected chi connectivity index (χ4v) is 1.72. The summed E-state index contributed by atoms with van der Waals surface area (Å²) in [5, 5.41) is 0. The predicted octanol–water partition coefficient (Wildman–Crippen LogP) is 1.69. The Kier molecular flexibility index (Phi) is 4.97. The summed E-state index contributed by atoms with van der Waals surface area (Å²) in [6, 6.07) is 5.42. The molecule has 0 aliphatic heterocycles. The molecule has 94 valence electrons. The van der Waals surface area contributed by atoms with E-state index in [1.165, 1.54) is 0 Å². The molecule has 4 heteroatoms. The van der Waals surface area contributed by atoms with E-state index in [4.69, 9.17) is 10.5 Å². The Balaban J connectivity index is 2.85. The van der Waals surface area contributed by atoms with E-state index in [0.717, 1.165) is 5.56 Å². The number of benzene rings is 1. The van der Waals surface area contributed by atoms with Gasteiger partial charge in [0.1, 0.15) is 0 Å². The van der Waals surface area contributed by atoms with Crippen molar-refractivity contribution in [1.29, 1.82) is 0 Å². The van der Waals surface area contributed by atoms with Crippen LogP contribution in [0.4, 0.5) is 5.69 Å². The Labute approximate surface area is 102 Å². The highest BCUT2D eigenvalue weighted by molar-refractivity contribution is 5.95. The molecular formula is C13H20N2O2. The van der Waals surface area contributed by atoms with E-state index in [1.54, 1.807) is 18.1 Å². The summed E-state index contributed by atoms with van der Waals surface area (Å²) in [5.74, 6) is -0.0000463. The first kappa shape index (κ1) is 13.5. The standard InChI is InChI=1S/C13H20N2O2/c1-4-15(5-6-17-3)13(16)11-7-10(2)8-12(14)9-11/h7-9H,4-6,14H2,1-3H3. The summed E-state index contributed by atoms with van der Waals surface area (Å²) in [5.41, 5.74) is 8.00. The number of rotatable bonds is 5. The average Bonchev–Trinajstić information content (AvgIpc) is 2.28. The zero-order valence-corrected chi connectivity index (χ0v) is 10.7. The maximum atomic E-state index is 12.2. The number of amides is 1. The molecule has 2 N–H and O–H groups in total. The SMILES string of the molecule is CCN(CCOC)C(=O)c1cc(C)cc(N)c1. The van der Waals surface area contributed by atoms with Crippen LogP contribution in [-0.4, -0.2) is 37.6 Å². The molecule has 0 unspecified atom stereocenters. The van der Waals surface area contributed by atoms with Crippen molar-refractivity contribution in [3.05, 3.63) is 29.3 Å². The Morgan fingerprint density at radius 1 is 1.41 bits per heavy atom. The van der Waals surface area contributed by atoms with Gasteiger partial charge in [0.05, 0.1) is 6.61 Å². The minimum absolute atomic E-state index is 0.0000463. The molecule has 0 heterocycles. The van der Waals surface area contributed by atoms with Crippen LogP contribution >= 0.6 is 0 Å². The van der Waals surface area contributed by atoms with Crippen molar-refractivity contribution in [2.24, 2.45) is 0 Å². The molecule has 0 saturated heterocycles. The van der Waals surface area contributed by atoms with Crippen molar-refractivity contribution >= 4 is 11.6 Å². The highest BCUT2D eigenvalue weighted by Gasteiger charge is 2.14. The van der Waals surface area contributed by atoms with Crippen LogP contribution in [0.25, 0.3) is 0 Å². The molecule has 1 amide bonds. The van der Waals surface area contributed by atoms with Crippen molar-refractivity contribution < 1.29 is 9.53 Å². The van der Waals surface area contributed by atoms with Crippen LogP contribution in [0, 0.1) is 6.92 Å². The molecule has 0 saturated carbocycles. The second kappa shape index (κ2) is 6.25. The monoisotopic (exact) mass is 236 g/mol. The Morgan fingerprint density at radius 3 is 2.65 bits per heavy atom. The number of methoxy groups -OCH3 is 1. The van der Waals surface area contributed by atoms with E-state index < -0.39 is 0 Å². The minimum atomic E-state index is -0.0000463. The van der Waals surface area contributed by atoms with Gasteiger partial charge in [0.2, 0.25) is 0 Å². The summed E-state index contributed by atoms with van der Waals surface area (Å²) in [7, 11) is 1.63. The predicted molar refractivity (Wildman–Crippen MR) is 69.0 cm³/mol. The fourth-order valence-electron chi connectivity index (χ4n) is 1.72. The molecule has 1 aromatic rings. The number of aryl methyl sites for hydroxylation is 1. The maximum Gasteiger partial charge on any atom is 0.254 e. The molecule has 1 rings (SSSR count). The van der Waals surface area contributed by atoms with Crippen LogP contribution in [-0.2, 0) is 4.74 Å². The van der Waals surface area contributed by atoms with Gasteiger partial charge in [-0.3, -0.25) is 4.79 Å². The lowest BCUT2D eigenvalue weighted by atomic mass is 10.1. The van der Waals surface area contributed by atoms with Crippen molar-refractivity contribution in [3.8, 4) is 0 Å². The van der Waals surface area contributed by atoms with E-state index in [-0.39, 0.29) is 5.91 Å². The van der Waals surface area contributed by atoms with Gasteiger partial charge >= 0.3 is 0 Å². The number of likely N-dealkylation sites (N-methyl/N-ethyl adjacent to an activating group) is 1. The van der Waals surface area contributed by atoms with Gasteiger partial charge in [0, 0.05) is 31.5 Å². The summed E-state index contributed by atoms with van der Waals surface area (Å²) >= 11 is 0. The zero-order chi connectivity index (χ0) is 12.8.